The minimum atomic E-state index is -4.76. The maximum absolute atomic E-state index is 13.3. The van der Waals surface area contributed by atoms with Crippen LogP contribution in [-0.4, -0.2) is 40.7 Å². The SMILES string of the molecule is C=C(C)C(=O)OC12CC3CC(C1)CC(C(CC)(CC)OCC(C)(O)C(F)(F)F)(C3)C2. The summed E-state index contributed by atoms with van der Waals surface area (Å²) in [6.07, 6.45) is 1.32. The predicted octanol–water partition coefficient (Wildman–Crippen LogP) is 5.33. The summed E-state index contributed by atoms with van der Waals surface area (Å²) in [5.74, 6) is 0.341. The molecule has 0 amide bonds. The van der Waals surface area contributed by atoms with Crippen molar-refractivity contribution >= 4 is 5.97 Å². The Bertz CT molecular complexity index is 679. The van der Waals surface area contributed by atoms with Crippen molar-refractivity contribution < 1.29 is 32.5 Å². The molecule has 4 aliphatic rings. The summed E-state index contributed by atoms with van der Waals surface area (Å²) in [5.41, 5.74) is -4.31. The zero-order valence-electron chi connectivity index (χ0n) is 18.5. The van der Waals surface area contributed by atoms with Crippen molar-refractivity contribution in [3.05, 3.63) is 12.2 Å². The van der Waals surface area contributed by atoms with Crippen LogP contribution >= 0.6 is 0 Å². The fourth-order valence-electron chi connectivity index (χ4n) is 6.83. The second-order valence-electron chi connectivity index (χ2n) is 10.4. The molecule has 7 heteroatoms. The van der Waals surface area contributed by atoms with Gasteiger partial charge in [-0.15, -0.1) is 0 Å². The minimum Gasteiger partial charge on any atom is -0.456 e. The Morgan fingerprint density at radius 1 is 1.13 bits per heavy atom. The van der Waals surface area contributed by atoms with Crippen molar-refractivity contribution in [2.75, 3.05) is 6.61 Å². The number of hydrogen-bond acceptors (Lipinski definition) is 4. The lowest BCUT2D eigenvalue weighted by molar-refractivity contribution is -0.301. The number of aliphatic hydroxyl groups is 1. The first-order valence-electron chi connectivity index (χ1n) is 11.0. The van der Waals surface area contributed by atoms with Crippen LogP contribution in [0.2, 0.25) is 0 Å². The van der Waals surface area contributed by atoms with E-state index in [-0.39, 0.29) is 5.41 Å². The van der Waals surface area contributed by atoms with Gasteiger partial charge in [0.2, 0.25) is 0 Å². The van der Waals surface area contributed by atoms with E-state index in [0.29, 0.717) is 36.7 Å². The van der Waals surface area contributed by atoms with Gasteiger partial charge in [-0.2, -0.15) is 13.2 Å². The molecule has 4 rings (SSSR count). The molecule has 4 fully saturated rings. The maximum atomic E-state index is 13.3. The van der Waals surface area contributed by atoms with Crippen molar-refractivity contribution in [1.82, 2.24) is 0 Å². The summed E-state index contributed by atoms with van der Waals surface area (Å²) in [4.78, 5) is 12.4. The van der Waals surface area contributed by atoms with Gasteiger partial charge in [-0.1, -0.05) is 20.4 Å². The average Bonchev–Trinajstić information content (AvgIpc) is 2.60. The molecule has 0 radical (unpaired) electrons. The van der Waals surface area contributed by atoms with E-state index in [9.17, 15) is 23.1 Å². The molecular weight excluding hydrogens is 397 g/mol. The largest absolute Gasteiger partial charge is 0.456 e. The van der Waals surface area contributed by atoms with Crippen LogP contribution in [0.25, 0.3) is 0 Å². The van der Waals surface area contributed by atoms with Crippen molar-refractivity contribution in [2.24, 2.45) is 17.3 Å². The fourth-order valence-corrected chi connectivity index (χ4v) is 6.83. The molecule has 0 aromatic rings. The number of alkyl halides is 3. The first-order valence-corrected chi connectivity index (χ1v) is 11.0. The second-order valence-corrected chi connectivity index (χ2v) is 10.4. The molecular formula is C23H35F3O4. The van der Waals surface area contributed by atoms with E-state index in [4.69, 9.17) is 9.47 Å². The summed E-state index contributed by atoms with van der Waals surface area (Å²) in [5, 5.41) is 9.99. The molecule has 4 aliphatic carbocycles. The first kappa shape index (κ1) is 23.6. The summed E-state index contributed by atoms with van der Waals surface area (Å²) in [6, 6.07) is 0. The van der Waals surface area contributed by atoms with Crippen molar-refractivity contribution in [1.29, 1.82) is 0 Å². The third-order valence-electron chi connectivity index (χ3n) is 8.01. The number of rotatable bonds is 8. The fraction of sp³-hybridized carbons (Fsp3) is 0.870. The quantitative estimate of drug-likeness (QED) is 0.416. The van der Waals surface area contributed by atoms with Crippen LogP contribution < -0.4 is 0 Å². The molecule has 0 aliphatic heterocycles. The predicted molar refractivity (Wildman–Crippen MR) is 107 cm³/mol. The van der Waals surface area contributed by atoms with Gasteiger partial charge in [0.25, 0.3) is 0 Å². The summed E-state index contributed by atoms with van der Waals surface area (Å²) in [6.45, 7) is 9.17. The van der Waals surface area contributed by atoms with Gasteiger partial charge >= 0.3 is 12.1 Å². The van der Waals surface area contributed by atoms with E-state index in [1.54, 1.807) is 6.92 Å². The number of carbonyl (C=O) groups excluding carboxylic acids is 1. The molecule has 3 atom stereocenters. The van der Waals surface area contributed by atoms with Gasteiger partial charge in [0.15, 0.2) is 5.60 Å². The lowest BCUT2D eigenvalue weighted by Gasteiger charge is -2.66. The minimum absolute atomic E-state index is 0.356. The monoisotopic (exact) mass is 432 g/mol. The standard InChI is InChI=1S/C23H35F3O4/c1-6-22(7-2,29-14-19(5,28)23(24,25)26)20-9-16-8-17(10-20)12-21(11-16,13-20)30-18(27)15(3)4/h16-17,28H,3,6-14H2,1-2,4-5H3. The molecule has 0 heterocycles. The lowest BCUT2D eigenvalue weighted by atomic mass is 9.43. The normalized spacial score (nSPS) is 35.2. The first-order chi connectivity index (χ1) is 13.7. The van der Waals surface area contributed by atoms with Gasteiger partial charge in [-0.05, 0) is 77.0 Å². The number of esters is 1. The number of halogens is 3. The molecule has 0 aromatic heterocycles. The van der Waals surface area contributed by atoms with E-state index in [2.05, 4.69) is 6.58 Å². The van der Waals surface area contributed by atoms with Crippen LogP contribution in [0.5, 0.6) is 0 Å². The molecule has 30 heavy (non-hydrogen) atoms. The Kier molecular flexibility index (Phi) is 5.90. The Hall–Kier alpha value is -1.08. The zero-order chi connectivity index (χ0) is 22.6. The number of carbonyl (C=O) groups is 1. The Balaban J connectivity index is 1.92. The summed E-state index contributed by atoms with van der Waals surface area (Å²) >= 11 is 0. The third kappa shape index (κ3) is 3.81. The molecule has 3 unspecified atom stereocenters. The molecule has 1 N–H and O–H groups in total. The molecule has 4 bridgehead atoms. The van der Waals surface area contributed by atoms with Crippen LogP contribution in [0, 0.1) is 17.3 Å². The zero-order valence-corrected chi connectivity index (χ0v) is 18.5. The summed E-state index contributed by atoms with van der Waals surface area (Å²) < 4.78 is 51.9. The highest BCUT2D eigenvalue weighted by Crippen LogP contribution is 2.68. The molecule has 4 nitrogen and oxygen atoms in total. The molecule has 0 aromatic carbocycles. The van der Waals surface area contributed by atoms with E-state index >= 15 is 0 Å². The van der Waals surface area contributed by atoms with Crippen LogP contribution in [0.15, 0.2) is 12.2 Å². The van der Waals surface area contributed by atoms with Gasteiger partial charge in [0.05, 0.1) is 12.2 Å². The summed E-state index contributed by atoms with van der Waals surface area (Å²) in [7, 11) is 0. The highest BCUT2D eigenvalue weighted by molar-refractivity contribution is 5.87. The molecule has 4 saturated carbocycles. The lowest BCUT2D eigenvalue weighted by Crippen LogP contribution is -2.65. The smallest absolute Gasteiger partial charge is 0.419 e. The van der Waals surface area contributed by atoms with Gasteiger partial charge in [-0.25, -0.2) is 4.79 Å². The topological polar surface area (TPSA) is 55.8 Å². The Labute approximate surface area is 177 Å². The Morgan fingerprint density at radius 2 is 1.67 bits per heavy atom. The van der Waals surface area contributed by atoms with Crippen molar-refractivity contribution in [3.63, 3.8) is 0 Å². The van der Waals surface area contributed by atoms with Gasteiger partial charge in [-0.3, -0.25) is 0 Å². The number of hydrogen-bond donors (Lipinski definition) is 1. The average molecular weight is 433 g/mol. The maximum Gasteiger partial charge on any atom is 0.419 e. The van der Waals surface area contributed by atoms with Gasteiger partial charge in [0, 0.05) is 11.0 Å². The molecule has 0 spiro atoms. The third-order valence-corrected chi connectivity index (χ3v) is 8.01. The van der Waals surface area contributed by atoms with E-state index in [0.717, 1.165) is 39.0 Å². The Morgan fingerprint density at radius 3 is 2.10 bits per heavy atom. The highest BCUT2D eigenvalue weighted by atomic mass is 19.4. The second kappa shape index (κ2) is 7.51. The van der Waals surface area contributed by atoms with Crippen LogP contribution in [0.4, 0.5) is 13.2 Å². The van der Waals surface area contributed by atoms with Crippen LogP contribution in [0.3, 0.4) is 0 Å². The van der Waals surface area contributed by atoms with Crippen molar-refractivity contribution in [2.45, 2.75) is 102 Å². The van der Waals surface area contributed by atoms with E-state index in [1.165, 1.54) is 0 Å². The number of ether oxygens (including phenoxy) is 2. The van der Waals surface area contributed by atoms with Crippen LogP contribution in [-0.2, 0) is 14.3 Å². The van der Waals surface area contributed by atoms with Crippen LogP contribution in [0.1, 0.15) is 79.1 Å². The highest BCUT2D eigenvalue weighted by Gasteiger charge is 2.66. The molecule has 0 saturated heterocycles. The van der Waals surface area contributed by atoms with E-state index in [1.807, 2.05) is 13.8 Å². The van der Waals surface area contributed by atoms with E-state index < -0.39 is 35.6 Å². The molecule has 172 valence electrons. The van der Waals surface area contributed by atoms with Gasteiger partial charge < -0.3 is 14.6 Å². The van der Waals surface area contributed by atoms with Crippen molar-refractivity contribution in [3.8, 4) is 0 Å². The van der Waals surface area contributed by atoms with Gasteiger partial charge in [0.1, 0.15) is 5.60 Å².